The second-order valence-electron chi connectivity index (χ2n) is 10.9. The van der Waals surface area contributed by atoms with E-state index in [0.717, 1.165) is 44.5 Å². The van der Waals surface area contributed by atoms with Gasteiger partial charge in [-0.2, -0.15) is 0 Å². The molecule has 0 aliphatic heterocycles. The summed E-state index contributed by atoms with van der Waals surface area (Å²) >= 11 is 0. The highest BCUT2D eigenvalue weighted by molar-refractivity contribution is 5.90. The monoisotopic (exact) mass is 597 g/mol. The average Bonchev–Trinajstić information content (AvgIpc) is 3.40. The van der Waals surface area contributed by atoms with E-state index in [2.05, 4.69) is 17.4 Å². The minimum absolute atomic E-state index is 0.0893. The normalized spacial score (nSPS) is 12.4. The summed E-state index contributed by atoms with van der Waals surface area (Å²) in [5, 5.41) is 12.3. The summed E-state index contributed by atoms with van der Waals surface area (Å²) in [6, 6.07) is 38.9. The Morgan fingerprint density at radius 1 is 0.644 bits per heavy atom. The van der Waals surface area contributed by atoms with Gasteiger partial charge in [-0.3, -0.25) is 0 Å². The molecule has 7 heteroatoms. The number of ether oxygens (including phenoxy) is 2. The van der Waals surface area contributed by atoms with E-state index in [0.29, 0.717) is 5.56 Å². The number of nitrogens with one attached hydrogen (secondary N) is 1. The smallest absolute Gasteiger partial charge is 0.407 e. The summed E-state index contributed by atoms with van der Waals surface area (Å²) in [5.41, 5.74) is 8.31. The first kappa shape index (κ1) is 29.4. The molecule has 0 radical (unpaired) electrons. The number of carbonyl (C=O) groups excluding carboxylic acids is 2. The summed E-state index contributed by atoms with van der Waals surface area (Å²) in [6.45, 7) is 0.306. The van der Waals surface area contributed by atoms with E-state index in [1.807, 2.05) is 103 Å². The van der Waals surface area contributed by atoms with Crippen LogP contribution in [0, 0.1) is 0 Å². The van der Waals surface area contributed by atoms with E-state index in [-0.39, 0.29) is 25.6 Å². The van der Waals surface area contributed by atoms with Crippen molar-refractivity contribution in [1.29, 1.82) is 0 Å². The van der Waals surface area contributed by atoms with Gasteiger partial charge in [-0.1, -0.05) is 115 Å². The van der Waals surface area contributed by atoms with Crippen molar-refractivity contribution in [2.24, 2.45) is 0 Å². The maximum absolute atomic E-state index is 12.7. The standard InChI is InChI=1S/C38H31NO6/c40-36(41)35(39-38(43)45-24-34-32-12-6-4-10-30(32)31-11-5-7-13-33(31)34)22-25-14-16-27(17-15-25)28-18-20-29(21-19-28)37(42)44-23-26-8-2-1-3-9-26/h1-21,34-35H,22-24H2,(H,39,43)(H,40,41)/t35-/m0/s1. The zero-order valence-electron chi connectivity index (χ0n) is 24.4. The lowest BCUT2D eigenvalue weighted by Gasteiger charge is -2.17. The SMILES string of the molecule is O=C(N[C@@H](Cc1ccc(-c2ccc(C(=O)OCc3ccccc3)cc2)cc1)C(=O)O)OCC1c2ccccc2-c2ccccc21. The van der Waals surface area contributed by atoms with E-state index in [9.17, 15) is 19.5 Å². The van der Waals surface area contributed by atoms with Crippen LogP contribution in [0.5, 0.6) is 0 Å². The highest BCUT2D eigenvalue weighted by atomic mass is 16.5. The molecule has 0 heterocycles. The minimum Gasteiger partial charge on any atom is -0.480 e. The Balaban J connectivity index is 1.04. The predicted octanol–water partition coefficient (Wildman–Crippen LogP) is 7.25. The topological polar surface area (TPSA) is 102 Å². The molecule has 0 saturated carbocycles. The summed E-state index contributed by atoms with van der Waals surface area (Å²) in [5.74, 6) is -1.67. The van der Waals surface area contributed by atoms with Gasteiger partial charge < -0.3 is 19.9 Å². The van der Waals surface area contributed by atoms with E-state index in [1.54, 1.807) is 12.1 Å². The van der Waals surface area contributed by atoms with E-state index < -0.39 is 24.1 Å². The van der Waals surface area contributed by atoms with E-state index in [1.165, 1.54) is 0 Å². The molecule has 5 aromatic rings. The number of carboxylic acid groups (broad SMARTS) is 1. The van der Waals surface area contributed by atoms with E-state index in [4.69, 9.17) is 9.47 Å². The Hall–Kier alpha value is -5.69. The van der Waals surface area contributed by atoms with Crippen LogP contribution in [0.2, 0.25) is 0 Å². The maximum atomic E-state index is 12.7. The largest absolute Gasteiger partial charge is 0.480 e. The fourth-order valence-corrected chi connectivity index (χ4v) is 5.66. The second kappa shape index (κ2) is 13.3. The lowest BCUT2D eigenvalue weighted by Crippen LogP contribution is -2.42. The number of carboxylic acids is 1. The van der Waals surface area contributed by atoms with Crippen molar-refractivity contribution in [3.63, 3.8) is 0 Å². The van der Waals surface area contributed by atoms with Crippen molar-refractivity contribution >= 4 is 18.0 Å². The lowest BCUT2D eigenvalue weighted by atomic mass is 9.98. The van der Waals surface area contributed by atoms with Crippen LogP contribution in [-0.2, 0) is 27.3 Å². The zero-order valence-corrected chi connectivity index (χ0v) is 24.4. The van der Waals surface area contributed by atoms with Gasteiger partial charge in [0.2, 0.25) is 0 Å². The summed E-state index contributed by atoms with van der Waals surface area (Å²) in [7, 11) is 0. The molecule has 5 aromatic carbocycles. The lowest BCUT2D eigenvalue weighted by molar-refractivity contribution is -0.139. The molecule has 0 fully saturated rings. The molecule has 224 valence electrons. The molecular weight excluding hydrogens is 566 g/mol. The molecule has 1 aliphatic rings. The average molecular weight is 598 g/mol. The van der Waals surface area contributed by atoms with Gasteiger partial charge in [-0.15, -0.1) is 0 Å². The first-order valence-corrected chi connectivity index (χ1v) is 14.7. The van der Waals surface area contributed by atoms with Crippen LogP contribution >= 0.6 is 0 Å². The molecule has 0 spiro atoms. The van der Waals surface area contributed by atoms with Gasteiger partial charge in [-0.05, 0) is 56.6 Å². The Bertz CT molecular complexity index is 1770. The summed E-state index contributed by atoms with van der Waals surface area (Å²) in [6.07, 6.45) is -0.685. The summed E-state index contributed by atoms with van der Waals surface area (Å²) in [4.78, 5) is 37.2. The van der Waals surface area contributed by atoms with Crippen LogP contribution in [0.1, 0.15) is 38.5 Å². The molecular formula is C38H31NO6. The maximum Gasteiger partial charge on any atom is 0.407 e. The number of amides is 1. The Morgan fingerprint density at radius 2 is 1.20 bits per heavy atom. The van der Waals surface area contributed by atoms with Crippen molar-refractivity contribution in [2.75, 3.05) is 6.61 Å². The molecule has 45 heavy (non-hydrogen) atoms. The van der Waals surface area contributed by atoms with Gasteiger partial charge in [0.1, 0.15) is 19.3 Å². The number of benzene rings is 5. The Morgan fingerprint density at radius 3 is 1.80 bits per heavy atom. The third-order valence-electron chi connectivity index (χ3n) is 7.99. The predicted molar refractivity (Wildman–Crippen MR) is 171 cm³/mol. The van der Waals surface area contributed by atoms with Crippen molar-refractivity contribution in [3.8, 4) is 22.3 Å². The number of alkyl carbamates (subject to hydrolysis) is 1. The van der Waals surface area contributed by atoms with Crippen molar-refractivity contribution in [1.82, 2.24) is 5.32 Å². The third kappa shape index (κ3) is 6.78. The van der Waals surface area contributed by atoms with Crippen LogP contribution in [-0.4, -0.2) is 35.8 Å². The van der Waals surface area contributed by atoms with Crippen molar-refractivity contribution in [3.05, 3.63) is 155 Å². The molecule has 0 bridgehead atoms. The fourth-order valence-electron chi connectivity index (χ4n) is 5.66. The van der Waals surface area contributed by atoms with Gasteiger partial charge in [0.25, 0.3) is 0 Å². The second-order valence-corrected chi connectivity index (χ2v) is 10.9. The number of carbonyl (C=O) groups is 3. The van der Waals surface area contributed by atoms with Crippen molar-refractivity contribution < 1.29 is 29.0 Å². The van der Waals surface area contributed by atoms with Gasteiger partial charge >= 0.3 is 18.0 Å². The molecule has 2 N–H and O–H groups in total. The third-order valence-corrected chi connectivity index (χ3v) is 7.99. The van der Waals surface area contributed by atoms with Gasteiger partial charge in [0.05, 0.1) is 5.56 Å². The molecule has 1 aliphatic carbocycles. The number of rotatable bonds is 10. The van der Waals surface area contributed by atoms with Gasteiger partial charge in [-0.25, -0.2) is 14.4 Å². The number of hydrogen-bond acceptors (Lipinski definition) is 5. The number of aliphatic carboxylic acids is 1. The molecule has 0 saturated heterocycles. The van der Waals surface area contributed by atoms with Crippen LogP contribution in [0.25, 0.3) is 22.3 Å². The number of hydrogen-bond donors (Lipinski definition) is 2. The van der Waals surface area contributed by atoms with Crippen LogP contribution in [0.15, 0.2) is 127 Å². The molecule has 6 rings (SSSR count). The molecule has 1 amide bonds. The summed E-state index contributed by atoms with van der Waals surface area (Å²) < 4.78 is 11.0. The van der Waals surface area contributed by atoms with Gasteiger partial charge in [0.15, 0.2) is 0 Å². The Labute approximate surface area is 261 Å². The molecule has 0 unspecified atom stereocenters. The van der Waals surface area contributed by atoms with Crippen molar-refractivity contribution in [2.45, 2.75) is 25.0 Å². The Kier molecular flexibility index (Phi) is 8.69. The zero-order chi connectivity index (χ0) is 31.2. The molecule has 0 aromatic heterocycles. The molecule has 1 atom stereocenters. The van der Waals surface area contributed by atoms with E-state index >= 15 is 0 Å². The van der Waals surface area contributed by atoms with Crippen LogP contribution < -0.4 is 5.32 Å². The molecule has 7 nitrogen and oxygen atoms in total. The minimum atomic E-state index is -1.16. The highest BCUT2D eigenvalue weighted by Gasteiger charge is 2.30. The first-order chi connectivity index (χ1) is 22.0. The van der Waals surface area contributed by atoms with Crippen LogP contribution in [0.4, 0.5) is 4.79 Å². The fraction of sp³-hybridized carbons (Fsp3) is 0.132. The van der Waals surface area contributed by atoms with Gasteiger partial charge in [0, 0.05) is 12.3 Å². The highest BCUT2D eigenvalue weighted by Crippen LogP contribution is 2.44. The first-order valence-electron chi connectivity index (χ1n) is 14.7. The number of esters is 1. The number of fused-ring (bicyclic) bond motifs is 3. The quantitative estimate of drug-likeness (QED) is 0.165. The van der Waals surface area contributed by atoms with Crippen LogP contribution in [0.3, 0.4) is 0 Å².